The van der Waals surface area contributed by atoms with Gasteiger partial charge in [-0.3, -0.25) is 4.79 Å². The predicted octanol–water partition coefficient (Wildman–Crippen LogP) is 2.52. The lowest BCUT2D eigenvalue weighted by Gasteiger charge is -2.28. The van der Waals surface area contributed by atoms with E-state index < -0.39 is 11.5 Å². The topological polar surface area (TPSA) is 46.6 Å². The van der Waals surface area contributed by atoms with E-state index in [0.29, 0.717) is 0 Å². The Kier molecular flexibility index (Phi) is 4.35. The second kappa shape index (κ2) is 5.88. The number of nitrogens with zero attached hydrogens (tertiary/aromatic N) is 1. The van der Waals surface area contributed by atoms with Crippen molar-refractivity contribution in [2.75, 3.05) is 7.05 Å². The Morgan fingerprint density at radius 2 is 1.71 bits per heavy atom. The summed E-state index contributed by atoms with van der Waals surface area (Å²) in [5.74, 6) is -0.355. The number of ether oxygens (including phenoxy) is 1. The van der Waals surface area contributed by atoms with Crippen LogP contribution >= 0.6 is 0 Å². The Balaban J connectivity index is 2.11. The largest absolute Gasteiger partial charge is 0.461 e. The molecule has 0 aromatic heterocycles. The Labute approximate surface area is 126 Å². The first-order valence-electron chi connectivity index (χ1n) is 7.42. The van der Waals surface area contributed by atoms with Gasteiger partial charge in [0.25, 0.3) is 0 Å². The Bertz CT molecular complexity index is 520. The zero-order valence-electron chi connectivity index (χ0n) is 13.1. The van der Waals surface area contributed by atoms with Crippen LogP contribution in [0, 0.1) is 0 Å². The average molecular weight is 289 g/mol. The van der Waals surface area contributed by atoms with Crippen LogP contribution in [0.25, 0.3) is 0 Å². The van der Waals surface area contributed by atoms with Gasteiger partial charge in [-0.15, -0.1) is 0 Å². The Morgan fingerprint density at radius 3 is 2.19 bits per heavy atom. The minimum absolute atomic E-state index is 0.00176. The Hall–Kier alpha value is -1.84. The molecule has 1 aliphatic rings. The van der Waals surface area contributed by atoms with Crippen LogP contribution in [-0.2, 0) is 19.7 Å². The molecule has 1 fully saturated rings. The third-order valence-electron chi connectivity index (χ3n) is 4.08. The van der Waals surface area contributed by atoms with Crippen molar-refractivity contribution in [2.45, 2.75) is 51.2 Å². The zero-order chi connectivity index (χ0) is 15.6. The van der Waals surface area contributed by atoms with Gasteiger partial charge in [0.15, 0.2) is 0 Å². The molecule has 0 N–H and O–H groups in total. The number of hydrogen-bond acceptors (Lipinski definition) is 3. The van der Waals surface area contributed by atoms with Gasteiger partial charge in [-0.2, -0.15) is 0 Å². The number of carbonyl (C=O) groups is 2. The molecule has 0 radical (unpaired) electrons. The van der Waals surface area contributed by atoms with Crippen LogP contribution in [0.1, 0.15) is 39.2 Å². The highest BCUT2D eigenvalue weighted by Gasteiger charge is 2.53. The molecular formula is C17H23NO3. The van der Waals surface area contributed by atoms with E-state index in [1.807, 2.05) is 30.3 Å². The Morgan fingerprint density at radius 1 is 1.14 bits per heavy atom. The minimum Gasteiger partial charge on any atom is -0.461 e. The fourth-order valence-corrected chi connectivity index (χ4v) is 2.51. The van der Waals surface area contributed by atoms with Crippen molar-refractivity contribution in [3.05, 3.63) is 35.9 Å². The van der Waals surface area contributed by atoms with E-state index in [1.54, 1.807) is 27.8 Å². The van der Waals surface area contributed by atoms with Crippen molar-refractivity contribution in [3.63, 3.8) is 0 Å². The highest BCUT2D eigenvalue weighted by molar-refractivity contribution is 5.94. The lowest BCUT2D eigenvalue weighted by molar-refractivity contribution is -0.157. The molecule has 0 heterocycles. The molecule has 1 amide bonds. The average Bonchev–Trinajstić information content (AvgIpc) is 3.26. The summed E-state index contributed by atoms with van der Waals surface area (Å²) < 4.78 is 5.19. The molecule has 21 heavy (non-hydrogen) atoms. The van der Waals surface area contributed by atoms with E-state index >= 15 is 0 Å². The zero-order valence-corrected chi connectivity index (χ0v) is 13.1. The lowest BCUT2D eigenvalue weighted by atomic mass is 9.94. The summed E-state index contributed by atoms with van der Waals surface area (Å²) in [6.07, 6.45) is 1.51. The summed E-state index contributed by atoms with van der Waals surface area (Å²) in [5.41, 5.74) is 0.592. The number of hydrogen-bond donors (Lipinski definition) is 0. The number of amides is 1. The van der Waals surface area contributed by atoms with E-state index in [-0.39, 0.29) is 18.0 Å². The van der Waals surface area contributed by atoms with Crippen molar-refractivity contribution >= 4 is 11.9 Å². The van der Waals surface area contributed by atoms with Crippen LogP contribution in [-0.4, -0.2) is 36.0 Å². The van der Waals surface area contributed by atoms with Crippen LogP contribution in [0.15, 0.2) is 30.3 Å². The SMILES string of the molecule is CC(C)OC(=O)[C@@H](C)N(C)C(=O)C1(c2ccccc2)CC1. The van der Waals surface area contributed by atoms with Gasteiger partial charge in [0.2, 0.25) is 5.91 Å². The standard InChI is InChI=1S/C17H23NO3/c1-12(2)21-15(19)13(3)18(4)16(20)17(10-11-17)14-8-6-5-7-9-14/h5-9,12-13H,10-11H2,1-4H3/t13-/m1/s1. The second-order valence-corrected chi connectivity index (χ2v) is 6.03. The normalized spacial score (nSPS) is 17.2. The molecule has 0 saturated heterocycles. The summed E-state index contributed by atoms with van der Waals surface area (Å²) in [6.45, 7) is 5.32. The quantitative estimate of drug-likeness (QED) is 0.783. The molecule has 114 valence electrons. The molecule has 0 aliphatic heterocycles. The van der Waals surface area contributed by atoms with E-state index in [1.165, 1.54) is 4.90 Å². The molecule has 0 spiro atoms. The van der Waals surface area contributed by atoms with Crippen LogP contribution < -0.4 is 0 Å². The van der Waals surface area contributed by atoms with Gasteiger partial charge >= 0.3 is 5.97 Å². The van der Waals surface area contributed by atoms with Crippen molar-refractivity contribution in [2.24, 2.45) is 0 Å². The molecule has 4 nitrogen and oxygen atoms in total. The van der Waals surface area contributed by atoms with Crippen molar-refractivity contribution < 1.29 is 14.3 Å². The first-order chi connectivity index (χ1) is 9.88. The van der Waals surface area contributed by atoms with Crippen LogP contribution in [0.5, 0.6) is 0 Å². The third kappa shape index (κ3) is 3.09. The molecule has 2 rings (SSSR count). The second-order valence-electron chi connectivity index (χ2n) is 6.03. The molecule has 0 unspecified atom stereocenters. The van der Waals surface area contributed by atoms with E-state index in [4.69, 9.17) is 4.74 Å². The first kappa shape index (κ1) is 15.5. The molecular weight excluding hydrogens is 266 g/mol. The third-order valence-corrected chi connectivity index (χ3v) is 4.08. The smallest absolute Gasteiger partial charge is 0.328 e. The molecule has 1 aromatic carbocycles. The minimum atomic E-state index is -0.568. The van der Waals surface area contributed by atoms with E-state index in [0.717, 1.165) is 18.4 Å². The van der Waals surface area contributed by atoms with Crippen LogP contribution in [0.4, 0.5) is 0 Å². The highest BCUT2D eigenvalue weighted by Crippen LogP contribution is 2.49. The fourth-order valence-electron chi connectivity index (χ4n) is 2.51. The molecule has 1 aliphatic carbocycles. The van der Waals surface area contributed by atoms with Crippen LogP contribution in [0.2, 0.25) is 0 Å². The number of likely N-dealkylation sites (N-methyl/N-ethyl adjacent to an activating group) is 1. The van der Waals surface area contributed by atoms with Crippen LogP contribution in [0.3, 0.4) is 0 Å². The lowest BCUT2D eigenvalue weighted by Crippen LogP contribution is -2.46. The fraction of sp³-hybridized carbons (Fsp3) is 0.529. The molecule has 1 atom stereocenters. The van der Waals surface area contributed by atoms with Gasteiger partial charge in [0, 0.05) is 7.05 Å². The maximum atomic E-state index is 12.8. The van der Waals surface area contributed by atoms with Crippen molar-refractivity contribution in [1.29, 1.82) is 0 Å². The van der Waals surface area contributed by atoms with Crippen molar-refractivity contribution in [3.8, 4) is 0 Å². The number of rotatable bonds is 5. The monoisotopic (exact) mass is 289 g/mol. The van der Waals surface area contributed by atoms with Gasteiger partial charge < -0.3 is 9.64 Å². The maximum absolute atomic E-state index is 12.8. The number of benzene rings is 1. The highest BCUT2D eigenvalue weighted by atomic mass is 16.5. The predicted molar refractivity (Wildman–Crippen MR) is 80.8 cm³/mol. The van der Waals surface area contributed by atoms with Crippen molar-refractivity contribution in [1.82, 2.24) is 4.90 Å². The molecule has 0 bridgehead atoms. The van der Waals surface area contributed by atoms with Gasteiger partial charge in [0.05, 0.1) is 11.5 Å². The van der Waals surface area contributed by atoms with Gasteiger partial charge in [-0.25, -0.2) is 4.79 Å². The van der Waals surface area contributed by atoms with E-state index in [9.17, 15) is 9.59 Å². The van der Waals surface area contributed by atoms with Gasteiger partial charge in [0.1, 0.15) is 6.04 Å². The summed E-state index contributed by atoms with van der Waals surface area (Å²) in [7, 11) is 1.68. The molecule has 1 saturated carbocycles. The maximum Gasteiger partial charge on any atom is 0.328 e. The van der Waals surface area contributed by atoms with Gasteiger partial charge in [-0.1, -0.05) is 30.3 Å². The molecule has 4 heteroatoms. The number of esters is 1. The first-order valence-corrected chi connectivity index (χ1v) is 7.42. The summed E-state index contributed by atoms with van der Waals surface area (Å²) in [5, 5.41) is 0. The summed E-state index contributed by atoms with van der Waals surface area (Å²) in [6, 6.07) is 9.22. The summed E-state index contributed by atoms with van der Waals surface area (Å²) in [4.78, 5) is 26.3. The summed E-state index contributed by atoms with van der Waals surface area (Å²) >= 11 is 0. The van der Waals surface area contributed by atoms with Gasteiger partial charge in [-0.05, 0) is 39.2 Å². The van der Waals surface area contributed by atoms with E-state index in [2.05, 4.69) is 0 Å². The number of carbonyl (C=O) groups excluding carboxylic acids is 2. The molecule has 1 aromatic rings.